The molecule has 7 nitrogen and oxygen atoms in total. The summed E-state index contributed by atoms with van der Waals surface area (Å²) in [6.45, 7) is 13.7. The monoisotopic (exact) mass is 493 g/mol. The van der Waals surface area contributed by atoms with Crippen molar-refractivity contribution in [1.29, 1.82) is 0 Å². The minimum absolute atomic E-state index is 0.0211. The first kappa shape index (κ1) is 27.3. The Balaban J connectivity index is 1.99. The molecule has 36 heavy (non-hydrogen) atoms. The number of aromatic nitrogens is 1. The van der Waals surface area contributed by atoms with Crippen LogP contribution in [0.3, 0.4) is 0 Å². The summed E-state index contributed by atoms with van der Waals surface area (Å²) < 4.78 is 13.0. The molecule has 3 aromatic rings. The first-order valence-electron chi connectivity index (χ1n) is 12.7. The van der Waals surface area contributed by atoms with Crippen LogP contribution in [-0.2, 0) is 11.3 Å². The van der Waals surface area contributed by atoms with Crippen molar-refractivity contribution in [3.05, 3.63) is 58.9 Å². The molecule has 1 aromatic heterocycles. The van der Waals surface area contributed by atoms with Gasteiger partial charge in [-0.25, -0.2) is 0 Å². The second-order valence-corrected chi connectivity index (χ2v) is 9.53. The van der Waals surface area contributed by atoms with Crippen LogP contribution < -0.4 is 20.3 Å². The van der Waals surface area contributed by atoms with E-state index in [2.05, 4.69) is 31.0 Å². The molecule has 0 saturated carbocycles. The molecule has 194 valence electrons. The van der Waals surface area contributed by atoms with E-state index in [9.17, 15) is 9.59 Å². The van der Waals surface area contributed by atoms with Crippen LogP contribution in [0.4, 0.5) is 0 Å². The van der Waals surface area contributed by atoms with Gasteiger partial charge in [-0.05, 0) is 62.7 Å². The maximum Gasteiger partial charge on any atom is 0.259 e. The number of pyridine rings is 1. The number of carbonyl (C=O) groups excluding carboxylic acids is 1. The second kappa shape index (κ2) is 12.6. The molecule has 0 aliphatic rings. The van der Waals surface area contributed by atoms with Gasteiger partial charge in [0.25, 0.3) is 5.56 Å². The third-order valence-electron chi connectivity index (χ3n) is 6.20. The van der Waals surface area contributed by atoms with Gasteiger partial charge in [0, 0.05) is 24.1 Å². The molecule has 0 unspecified atom stereocenters. The number of carbonyl (C=O) groups is 1. The third-order valence-corrected chi connectivity index (χ3v) is 6.20. The number of methoxy groups -OCH3 is 1. The maximum atomic E-state index is 13.7. The number of hydrogen-bond acceptors (Lipinski definition) is 5. The van der Waals surface area contributed by atoms with Gasteiger partial charge in [0.05, 0.1) is 24.8 Å². The average molecular weight is 494 g/mol. The number of rotatable bonds is 12. The fraction of sp³-hybridized carbons (Fsp3) is 0.448. The molecule has 0 fully saturated rings. The number of ether oxygens (including phenoxy) is 2. The lowest BCUT2D eigenvalue weighted by molar-refractivity contribution is -0.122. The molecule has 1 N–H and O–H groups in total. The van der Waals surface area contributed by atoms with Crippen molar-refractivity contribution in [3.63, 3.8) is 0 Å². The van der Waals surface area contributed by atoms with Crippen molar-refractivity contribution in [2.24, 2.45) is 5.92 Å². The van der Waals surface area contributed by atoms with E-state index < -0.39 is 0 Å². The zero-order valence-corrected chi connectivity index (χ0v) is 22.3. The van der Waals surface area contributed by atoms with E-state index in [4.69, 9.17) is 9.47 Å². The summed E-state index contributed by atoms with van der Waals surface area (Å²) in [5, 5.41) is 4.20. The lowest BCUT2D eigenvalue weighted by Crippen LogP contribution is -2.36. The number of benzene rings is 2. The van der Waals surface area contributed by atoms with Crippen molar-refractivity contribution >= 4 is 16.7 Å². The fourth-order valence-electron chi connectivity index (χ4n) is 4.32. The van der Waals surface area contributed by atoms with Gasteiger partial charge in [-0.1, -0.05) is 39.0 Å². The van der Waals surface area contributed by atoms with E-state index in [1.165, 1.54) is 4.57 Å². The highest BCUT2D eigenvalue weighted by atomic mass is 16.5. The molecule has 1 atom stereocenters. The van der Waals surface area contributed by atoms with E-state index in [1.807, 2.05) is 56.3 Å². The molecule has 1 heterocycles. The highest BCUT2D eigenvalue weighted by Crippen LogP contribution is 2.27. The smallest absolute Gasteiger partial charge is 0.259 e. The van der Waals surface area contributed by atoms with Crippen molar-refractivity contribution < 1.29 is 14.3 Å². The summed E-state index contributed by atoms with van der Waals surface area (Å²) in [5.74, 6) is 1.47. The van der Waals surface area contributed by atoms with E-state index >= 15 is 0 Å². The Morgan fingerprint density at radius 1 is 1.03 bits per heavy atom. The topological polar surface area (TPSA) is 72.8 Å². The zero-order chi connectivity index (χ0) is 26.2. The Morgan fingerprint density at radius 3 is 2.44 bits per heavy atom. The van der Waals surface area contributed by atoms with Gasteiger partial charge in [0.1, 0.15) is 18.0 Å². The van der Waals surface area contributed by atoms with Crippen molar-refractivity contribution in [1.82, 2.24) is 14.8 Å². The summed E-state index contributed by atoms with van der Waals surface area (Å²) in [6, 6.07) is 15.0. The highest BCUT2D eigenvalue weighted by molar-refractivity contribution is 5.87. The van der Waals surface area contributed by atoms with E-state index in [1.54, 1.807) is 13.2 Å². The first-order valence-corrected chi connectivity index (χ1v) is 12.7. The summed E-state index contributed by atoms with van der Waals surface area (Å²) in [7, 11) is 1.60. The number of fused-ring (bicyclic) bond motifs is 1. The first-order chi connectivity index (χ1) is 17.2. The van der Waals surface area contributed by atoms with Gasteiger partial charge >= 0.3 is 0 Å². The van der Waals surface area contributed by atoms with Crippen LogP contribution in [0.15, 0.2) is 53.3 Å². The normalized spacial score (nSPS) is 12.2. The Morgan fingerprint density at radius 2 is 1.78 bits per heavy atom. The Labute approximate surface area is 214 Å². The number of nitrogens with one attached hydrogen (secondary N) is 1. The molecular weight excluding hydrogens is 454 g/mol. The van der Waals surface area contributed by atoms with Gasteiger partial charge in [-0.15, -0.1) is 0 Å². The standard InChI is InChI=1S/C29H39N3O4/c1-7-31(8-2)17-21(5)19-36-25-13-12-22-15-27(23-10-9-11-24(14-23)35-6)32(29(34)26(22)16-25)18-28(33)30-20(3)4/h9-16,20-21H,7-8,17-19H2,1-6H3,(H,30,33)/t21-/m0/s1. The fourth-order valence-corrected chi connectivity index (χ4v) is 4.32. The molecular formula is C29H39N3O4. The van der Waals surface area contributed by atoms with Crippen LogP contribution in [0.5, 0.6) is 11.5 Å². The van der Waals surface area contributed by atoms with Gasteiger partial charge < -0.3 is 19.7 Å². The minimum atomic E-state index is -0.231. The van der Waals surface area contributed by atoms with E-state index in [-0.39, 0.29) is 24.1 Å². The predicted octanol–water partition coefficient (Wildman–Crippen LogP) is 4.56. The van der Waals surface area contributed by atoms with Crippen LogP contribution in [0.2, 0.25) is 0 Å². The molecule has 0 spiro atoms. The van der Waals surface area contributed by atoms with Crippen LogP contribution in [0, 0.1) is 5.92 Å². The molecule has 0 aliphatic carbocycles. The van der Waals surface area contributed by atoms with Gasteiger partial charge in [-0.3, -0.25) is 14.2 Å². The number of nitrogens with zero attached hydrogens (tertiary/aromatic N) is 2. The maximum absolute atomic E-state index is 13.7. The van der Waals surface area contributed by atoms with Gasteiger partial charge in [-0.2, -0.15) is 0 Å². The molecule has 0 aliphatic heterocycles. The number of hydrogen-bond donors (Lipinski definition) is 1. The van der Waals surface area contributed by atoms with Crippen molar-refractivity contribution in [3.8, 4) is 22.8 Å². The van der Waals surface area contributed by atoms with Crippen LogP contribution in [0.25, 0.3) is 22.0 Å². The summed E-state index contributed by atoms with van der Waals surface area (Å²) in [5.41, 5.74) is 1.23. The second-order valence-electron chi connectivity index (χ2n) is 9.53. The highest BCUT2D eigenvalue weighted by Gasteiger charge is 2.16. The SMILES string of the molecule is CCN(CC)C[C@H](C)COc1ccc2cc(-c3cccc(OC)c3)n(CC(=O)NC(C)C)c(=O)c2c1. The zero-order valence-electron chi connectivity index (χ0n) is 22.3. The van der Waals surface area contributed by atoms with Crippen molar-refractivity contribution in [2.75, 3.05) is 33.4 Å². The third kappa shape index (κ3) is 6.88. The van der Waals surface area contributed by atoms with E-state index in [0.29, 0.717) is 35.1 Å². The minimum Gasteiger partial charge on any atom is -0.497 e. The predicted molar refractivity (Wildman–Crippen MR) is 146 cm³/mol. The van der Waals surface area contributed by atoms with Gasteiger partial charge in [0.15, 0.2) is 0 Å². The molecule has 0 bridgehead atoms. The van der Waals surface area contributed by atoms with Gasteiger partial charge in [0.2, 0.25) is 5.91 Å². The molecule has 2 aromatic carbocycles. The van der Waals surface area contributed by atoms with E-state index in [0.717, 1.165) is 30.6 Å². The number of amides is 1. The Bertz CT molecular complexity index is 1230. The van der Waals surface area contributed by atoms with Crippen LogP contribution in [0.1, 0.15) is 34.6 Å². The molecule has 7 heteroatoms. The lowest BCUT2D eigenvalue weighted by Gasteiger charge is -2.22. The Hall–Kier alpha value is -3.32. The molecule has 1 amide bonds. The van der Waals surface area contributed by atoms with Crippen molar-refractivity contribution in [2.45, 2.75) is 47.2 Å². The molecule has 0 radical (unpaired) electrons. The lowest BCUT2D eigenvalue weighted by atomic mass is 10.1. The van der Waals surface area contributed by atoms with Crippen LogP contribution >= 0.6 is 0 Å². The van der Waals surface area contributed by atoms with Crippen LogP contribution in [-0.4, -0.2) is 54.8 Å². The summed E-state index contributed by atoms with van der Waals surface area (Å²) in [4.78, 5) is 28.7. The average Bonchev–Trinajstić information content (AvgIpc) is 2.87. The Kier molecular flexibility index (Phi) is 9.53. The molecule has 0 saturated heterocycles. The quantitative estimate of drug-likeness (QED) is 0.401. The summed E-state index contributed by atoms with van der Waals surface area (Å²) in [6.07, 6.45) is 0. The molecule has 3 rings (SSSR count). The largest absolute Gasteiger partial charge is 0.497 e. The summed E-state index contributed by atoms with van der Waals surface area (Å²) >= 11 is 0.